The number of carbonyl (C=O) groups is 3. The van der Waals surface area contributed by atoms with E-state index in [2.05, 4.69) is 17.1 Å². The quantitative estimate of drug-likeness (QED) is 0.161. The number of nitrogens with zero attached hydrogens (tertiary/aromatic N) is 2. The smallest absolute Gasteiger partial charge is 0.408 e. The van der Waals surface area contributed by atoms with Crippen LogP contribution < -0.4 is 10.2 Å². The summed E-state index contributed by atoms with van der Waals surface area (Å²) in [6.07, 6.45) is -3.09. The predicted octanol–water partition coefficient (Wildman–Crippen LogP) is 5.58. The van der Waals surface area contributed by atoms with Crippen molar-refractivity contribution >= 4 is 23.6 Å². The van der Waals surface area contributed by atoms with Gasteiger partial charge in [-0.05, 0) is 48.4 Å². The Bertz CT molecular complexity index is 1810. The number of hydrogen-bond donors (Lipinski definition) is 3. The summed E-state index contributed by atoms with van der Waals surface area (Å²) in [5.41, 5.74) is 4.42. The van der Waals surface area contributed by atoms with Crippen LogP contribution in [0.5, 0.6) is 0 Å². The van der Waals surface area contributed by atoms with E-state index >= 15 is 0 Å². The maximum atomic E-state index is 13.3. The van der Waals surface area contributed by atoms with E-state index in [0.717, 1.165) is 27.2 Å². The zero-order valence-corrected chi connectivity index (χ0v) is 29.5. The molecular weight excluding hydrogens is 662 g/mol. The molecule has 4 aromatic rings. The minimum atomic E-state index is -1.04. The Morgan fingerprint density at radius 1 is 0.904 bits per heavy atom. The number of aliphatic hydroxyl groups excluding tert-OH is 2. The van der Waals surface area contributed by atoms with Gasteiger partial charge in [0.1, 0.15) is 12.6 Å². The molecule has 0 aliphatic carbocycles. The van der Waals surface area contributed by atoms with Crippen LogP contribution in [0.1, 0.15) is 66.6 Å². The Kier molecular flexibility index (Phi) is 11.8. The van der Waals surface area contributed by atoms with Gasteiger partial charge in [0.05, 0.1) is 37.0 Å². The molecule has 2 saturated heterocycles. The highest BCUT2D eigenvalue weighted by Crippen LogP contribution is 2.42. The third-order valence-corrected chi connectivity index (χ3v) is 9.96. The number of amides is 3. The summed E-state index contributed by atoms with van der Waals surface area (Å²) in [4.78, 5) is 41.9. The second-order valence-corrected chi connectivity index (χ2v) is 13.5. The maximum absolute atomic E-state index is 13.3. The number of benzene rings is 4. The Labute approximate surface area is 303 Å². The lowest BCUT2D eigenvalue weighted by Gasteiger charge is -2.43. The summed E-state index contributed by atoms with van der Waals surface area (Å²) >= 11 is 0. The Morgan fingerprint density at radius 2 is 1.54 bits per heavy atom. The highest BCUT2D eigenvalue weighted by molar-refractivity contribution is 6.22. The molecule has 0 aromatic heterocycles. The van der Waals surface area contributed by atoms with Crippen LogP contribution >= 0.6 is 0 Å². The molecule has 11 nitrogen and oxygen atoms in total. The lowest BCUT2D eigenvalue weighted by molar-refractivity contribution is -0.276. The van der Waals surface area contributed by atoms with E-state index < -0.39 is 36.3 Å². The molecular formula is C41H45N3O8. The van der Waals surface area contributed by atoms with Gasteiger partial charge in [-0.1, -0.05) is 104 Å². The summed E-state index contributed by atoms with van der Waals surface area (Å²) in [5.74, 6) is -1.07. The minimum Gasteiger partial charge on any atom is -0.445 e. The van der Waals surface area contributed by atoms with Gasteiger partial charge in [0.2, 0.25) is 5.91 Å². The van der Waals surface area contributed by atoms with Crippen molar-refractivity contribution < 1.29 is 38.8 Å². The van der Waals surface area contributed by atoms with Crippen LogP contribution in [0.25, 0.3) is 0 Å². The largest absolute Gasteiger partial charge is 0.445 e. The molecule has 4 aromatic carbocycles. The van der Waals surface area contributed by atoms with Gasteiger partial charge in [-0.3, -0.25) is 14.5 Å². The fourth-order valence-electron chi connectivity index (χ4n) is 6.65. The van der Waals surface area contributed by atoms with E-state index in [-0.39, 0.29) is 43.8 Å². The second kappa shape index (κ2) is 16.6. The van der Waals surface area contributed by atoms with Gasteiger partial charge in [-0.2, -0.15) is 0 Å². The maximum Gasteiger partial charge on any atom is 0.408 e. The lowest BCUT2D eigenvalue weighted by Crippen LogP contribution is -2.46. The van der Waals surface area contributed by atoms with Crippen LogP contribution in [0.4, 0.5) is 10.5 Å². The van der Waals surface area contributed by atoms with Gasteiger partial charge in [0.15, 0.2) is 6.29 Å². The predicted molar refractivity (Wildman–Crippen MR) is 194 cm³/mol. The molecule has 1 unspecified atom stereocenters. The molecule has 0 bridgehead atoms. The first kappa shape index (κ1) is 36.9. The first-order chi connectivity index (χ1) is 25.1. The molecule has 3 amide bonds. The van der Waals surface area contributed by atoms with Gasteiger partial charge >= 0.3 is 6.09 Å². The van der Waals surface area contributed by atoms with E-state index in [1.165, 1.54) is 0 Å². The van der Waals surface area contributed by atoms with Crippen molar-refractivity contribution in [3.8, 4) is 0 Å². The van der Waals surface area contributed by atoms with Gasteiger partial charge in [-0.15, -0.1) is 0 Å². The van der Waals surface area contributed by atoms with E-state index in [4.69, 9.17) is 14.2 Å². The Hall–Kier alpha value is -4.91. The van der Waals surface area contributed by atoms with Crippen LogP contribution in [0, 0.1) is 5.92 Å². The van der Waals surface area contributed by atoms with Gasteiger partial charge in [0, 0.05) is 24.1 Å². The molecule has 2 aliphatic heterocycles. The van der Waals surface area contributed by atoms with Gasteiger partial charge in [0.25, 0.3) is 5.91 Å². The minimum absolute atomic E-state index is 0.0391. The molecule has 2 fully saturated rings. The number of anilines is 1. The molecule has 52 heavy (non-hydrogen) atoms. The fourth-order valence-corrected chi connectivity index (χ4v) is 6.65. The summed E-state index contributed by atoms with van der Waals surface area (Å²) < 4.78 is 18.5. The standard InChI is InChI=1S/C41H45N3O8/c1-26-35(23-43(3)27(2)37(47)30-12-8-5-9-13-30)51-40(52-38(26)31-16-14-28(24-45)15-17-31)32-18-20-33(21-19-32)44-36(46)22-34(39(44)48)42-41(49)50-25-29-10-6-4-7-11-29/h4-21,26-27,34-35,37-38,40,45,47H,22-25H2,1-3H3,(H,42,49)/t26-,27-,34?,35+,37-,38+,40+/m0/s1. The summed E-state index contributed by atoms with van der Waals surface area (Å²) in [5, 5.41) is 23.3. The van der Waals surface area contributed by atoms with Gasteiger partial charge < -0.3 is 29.7 Å². The number of imide groups is 1. The van der Waals surface area contributed by atoms with E-state index in [9.17, 15) is 24.6 Å². The number of likely N-dealkylation sites (N-methyl/N-ethyl adjacent to an activating group) is 1. The molecule has 11 heteroatoms. The molecule has 272 valence electrons. The van der Waals surface area contributed by atoms with Crippen molar-refractivity contribution in [3.63, 3.8) is 0 Å². The van der Waals surface area contributed by atoms with Crippen LogP contribution in [-0.4, -0.2) is 64.8 Å². The zero-order chi connectivity index (χ0) is 36.8. The number of aliphatic hydroxyl groups is 2. The Morgan fingerprint density at radius 3 is 2.19 bits per heavy atom. The summed E-state index contributed by atoms with van der Waals surface area (Å²) in [6.45, 7) is 4.54. The number of alkyl carbamates (subject to hydrolysis) is 1. The number of hydrogen-bond acceptors (Lipinski definition) is 9. The molecule has 2 aliphatic rings. The number of carbonyl (C=O) groups excluding carboxylic acids is 3. The molecule has 7 atom stereocenters. The first-order valence-electron chi connectivity index (χ1n) is 17.5. The van der Waals surface area contributed by atoms with Crippen molar-refractivity contribution in [2.45, 2.75) is 70.2 Å². The monoisotopic (exact) mass is 707 g/mol. The van der Waals surface area contributed by atoms with Crippen molar-refractivity contribution in [1.29, 1.82) is 0 Å². The highest BCUT2D eigenvalue weighted by Gasteiger charge is 2.42. The second-order valence-electron chi connectivity index (χ2n) is 13.5. The topological polar surface area (TPSA) is 138 Å². The summed E-state index contributed by atoms with van der Waals surface area (Å²) in [6, 6.07) is 32.0. The Balaban J connectivity index is 1.16. The van der Waals surface area contributed by atoms with E-state index in [0.29, 0.717) is 17.8 Å². The van der Waals surface area contributed by atoms with Crippen LogP contribution in [0.15, 0.2) is 109 Å². The van der Waals surface area contributed by atoms with Crippen LogP contribution in [0.3, 0.4) is 0 Å². The normalized spacial score (nSPS) is 23.0. The molecule has 6 rings (SSSR count). The highest BCUT2D eigenvalue weighted by atomic mass is 16.7. The van der Waals surface area contributed by atoms with E-state index in [1.54, 1.807) is 24.3 Å². The molecule has 2 heterocycles. The van der Waals surface area contributed by atoms with Crippen molar-refractivity contribution in [1.82, 2.24) is 10.2 Å². The van der Waals surface area contributed by atoms with Crippen molar-refractivity contribution in [3.05, 3.63) is 137 Å². The average molecular weight is 708 g/mol. The summed E-state index contributed by atoms with van der Waals surface area (Å²) in [7, 11) is 1.96. The first-order valence-corrected chi connectivity index (χ1v) is 17.5. The van der Waals surface area contributed by atoms with E-state index in [1.807, 2.05) is 98.9 Å². The molecule has 3 N–H and O–H groups in total. The van der Waals surface area contributed by atoms with Crippen molar-refractivity contribution in [2.75, 3.05) is 18.5 Å². The lowest BCUT2D eigenvalue weighted by atomic mass is 9.89. The molecule has 0 radical (unpaired) electrons. The third-order valence-electron chi connectivity index (χ3n) is 9.96. The number of nitrogens with one attached hydrogen (secondary N) is 1. The number of rotatable bonds is 12. The molecule has 0 saturated carbocycles. The molecule has 0 spiro atoms. The number of ether oxygens (including phenoxy) is 3. The fraction of sp³-hybridized carbons (Fsp3) is 0.341. The SMILES string of the molecule is C[C@H]1[C@@H](CN(C)[C@@H](C)[C@H](O)c2ccccc2)O[C@@H](c2ccc(N3C(=O)CC(NC(=O)OCc4ccccc4)C3=O)cc2)O[C@H]1c1ccc(CO)cc1. The van der Waals surface area contributed by atoms with Gasteiger partial charge in [-0.25, -0.2) is 9.69 Å². The van der Waals surface area contributed by atoms with Crippen molar-refractivity contribution in [2.24, 2.45) is 5.92 Å². The zero-order valence-electron chi connectivity index (χ0n) is 29.5. The third kappa shape index (κ3) is 8.41. The van der Waals surface area contributed by atoms with Crippen LogP contribution in [0.2, 0.25) is 0 Å². The average Bonchev–Trinajstić information content (AvgIpc) is 3.46. The van der Waals surface area contributed by atoms with Crippen LogP contribution in [-0.2, 0) is 37.0 Å².